The zero-order chi connectivity index (χ0) is 19.1. The van der Waals surface area contributed by atoms with Crippen LogP contribution in [0.4, 0.5) is 0 Å². The standard InChI is InChI=1S/C20H23ClN2O3/c1-13(2)18(20(25)22-12-15-6-4-5-7-17(15)21)23-19(24)14-8-10-16(26-3)11-9-14/h4-11,13,18H,12H2,1-3H3,(H,22,25)(H,23,24)/t18-/m1/s1. The van der Waals surface area contributed by atoms with Gasteiger partial charge in [-0.1, -0.05) is 43.6 Å². The molecule has 0 heterocycles. The molecule has 0 saturated carbocycles. The van der Waals surface area contributed by atoms with Crippen molar-refractivity contribution in [3.8, 4) is 5.75 Å². The number of hydrogen-bond acceptors (Lipinski definition) is 3. The van der Waals surface area contributed by atoms with E-state index in [1.54, 1.807) is 37.4 Å². The number of carbonyl (C=O) groups is 2. The van der Waals surface area contributed by atoms with Gasteiger partial charge in [0.2, 0.25) is 5.91 Å². The predicted molar refractivity (Wildman–Crippen MR) is 102 cm³/mol. The van der Waals surface area contributed by atoms with Gasteiger partial charge in [-0.15, -0.1) is 0 Å². The van der Waals surface area contributed by atoms with E-state index in [4.69, 9.17) is 16.3 Å². The molecule has 6 heteroatoms. The van der Waals surface area contributed by atoms with Crippen LogP contribution in [0.3, 0.4) is 0 Å². The number of methoxy groups -OCH3 is 1. The molecule has 0 aliphatic carbocycles. The van der Waals surface area contributed by atoms with Gasteiger partial charge in [-0.25, -0.2) is 0 Å². The molecule has 0 aliphatic rings. The van der Waals surface area contributed by atoms with E-state index in [1.165, 1.54) is 0 Å². The summed E-state index contributed by atoms with van der Waals surface area (Å²) in [5.41, 5.74) is 1.29. The van der Waals surface area contributed by atoms with Crippen molar-refractivity contribution < 1.29 is 14.3 Å². The van der Waals surface area contributed by atoms with Gasteiger partial charge in [0.15, 0.2) is 0 Å². The highest BCUT2D eigenvalue weighted by Crippen LogP contribution is 2.15. The van der Waals surface area contributed by atoms with E-state index < -0.39 is 6.04 Å². The first-order valence-corrected chi connectivity index (χ1v) is 8.76. The molecule has 2 aromatic carbocycles. The minimum atomic E-state index is -0.646. The smallest absolute Gasteiger partial charge is 0.251 e. The first-order chi connectivity index (χ1) is 12.4. The first kappa shape index (κ1) is 19.8. The van der Waals surface area contributed by atoms with Crippen LogP contribution in [0, 0.1) is 5.92 Å². The Labute approximate surface area is 158 Å². The highest BCUT2D eigenvalue weighted by molar-refractivity contribution is 6.31. The molecule has 0 saturated heterocycles. The zero-order valence-corrected chi connectivity index (χ0v) is 15.8. The predicted octanol–water partition coefficient (Wildman–Crippen LogP) is 3.42. The lowest BCUT2D eigenvalue weighted by Crippen LogP contribution is -2.49. The van der Waals surface area contributed by atoms with Gasteiger partial charge in [0.05, 0.1) is 7.11 Å². The Morgan fingerprint density at radius 1 is 1.08 bits per heavy atom. The van der Waals surface area contributed by atoms with E-state index in [-0.39, 0.29) is 17.7 Å². The molecule has 0 radical (unpaired) electrons. The van der Waals surface area contributed by atoms with Crippen molar-refractivity contribution in [1.29, 1.82) is 0 Å². The molecule has 0 fully saturated rings. The van der Waals surface area contributed by atoms with Crippen molar-refractivity contribution in [2.45, 2.75) is 26.4 Å². The lowest BCUT2D eigenvalue weighted by atomic mass is 10.0. The molecule has 0 unspecified atom stereocenters. The molecule has 2 N–H and O–H groups in total. The number of benzene rings is 2. The Morgan fingerprint density at radius 3 is 2.31 bits per heavy atom. The van der Waals surface area contributed by atoms with E-state index in [0.717, 1.165) is 5.56 Å². The number of rotatable bonds is 7. The van der Waals surface area contributed by atoms with E-state index in [2.05, 4.69) is 10.6 Å². The van der Waals surface area contributed by atoms with Crippen LogP contribution in [0.15, 0.2) is 48.5 Å². The third-order valence-electron chi connectivity index (χ3n) is 4.00. The van der Waals surface area contributed by atoms with Gasteiger partial charge >= 0.3 is 0 Å². The molecule has 26 heavy (non-hydrogen) atoms. The minimum Gasteiger partial charge on any atom is -0.497 e. The molecular weight excluding hydrogens is 352 g/mol. The molecule has 0 spiro atoms. The first-order valence-electron chi connectivity index (χ1n) is 8.38. The van der Waals surface area contributed by atoms with Gasteiger partial charge in [0.25, 0.3) is 5.91 Å². The maximum Gasteiger partial charge on any atom is 0.251 e. The summed E-state index contributed by atoms with van der Waals surface area (Å²) in [6.07, 6.45) is 0. The van der Waals surface area contributed by atoms with E-state index >= 15 is 0 Å². The van der Waals surface area contributed by atoms with E-state index in [1.807, 2.05) is 32.0 Å². The average Bonchev–Trinajstić information content (AvgIpc) is 2.64. The largest absolute Gasteiger partial charge is 0.497 e. The summed E-state index contributed by atoms with van der Waals surface area (Å²) in [7, 11) is 1.56. The maximum absolute atomic E-state index is 12.5. The Morgan fingerprint density at radius 2 is 1.73 bits per heavy atom. The molecule has 2 amide bonds. The van der Waals surface area contributed by atoms with Crippen molar-refractivity contribution in [2.24, 2.45) is 5.92 Å². The Balaban J connectivity index is 2.01. The van der Waals surface area contributed by atoms with Gasteiger partial charge in [0, 0.05) is 17.1 Å². The summed E-state index contributed by atoms with van der Waals surface area (Å²) in [6.45, 7) is 4.07. The lowest BCUT2D eigenvalue weighted by molar-refractivity contribution is -0.124. The molecule has 0 aliphatic heterocycles. The van der Waals surface area contributed by atoms with Crippen LogP contribution in [0.1, 0.15) is 29.8 Å². The molecule has 2 rings (SSSR count). The van der Waals surface area contributed by atoms with Crippen molar-refractivity contribution >= 4 is 23.4 Å². The molecule has 138 valence electrons. The van der Waals surface area contributed by atoms with Crippen LogP contribution in [0.5, 0.6) is 5.75 Å². The fourth-order valence-electron chi connectivity index (χ4n) is 2.44. The number of nitrogens with one attached hydrogen (secondary N) is 2. The minimum absolute atomic E-state index is 0.0663. The number of halogens is 1. The second kappa shape index (κ2) is 9.25. The van der Waals surface area contributed by atoms with Gasteiger partial charge in [-0.3, -0.25) is 9.59 Å². The zero-order valence-electron chi connectivity index (χ0n) is 15.1. The summed E-state index contributed by atoms with van der Waals surface area (Å²) >= 11 is 6.11. The molecule has 0 aromatic heterocycles. The van der Waals surface area contributed by atoms with Gasteiger partial charge in [-0.2, -0.15) is 0 Å². The fourth-order valence-corrected chi connectivity index (χ4v) is 2.64. The van der Waals surface area contributed by atoms with E-state index in [0.29, 0.717) is 22.9 Å². The van der Waals surface area contributed by atoms with Crippen molar-refractivity contribution in [1.82, 2.24) is 10.6 Å². The fraction of sp³-hybridized carbons (Fsp3) is 0.300. The number of carbonyl (C=O) groups excluding carboxylic acids is 2. The highest BCUT2D eigenvalue weighted by atomic mass is 35.5. The average molecular weight is 375 g/mol. The number of ether oxygens (including phenoxy) is 1. The van der Waals surface area contributed by atoms with Crippen LogP contribution in [-0.2, 0) is 11.3 Å². The summed E-state index contributed by atoms with van der Waals surface area (Å²) in [5.74, 6) is 0.0453. The SMILES string of the molecule is COc1ccc(C(=O)N[C@@H](C(=O)NCc2ccccc2Cl)C(C)C)cc1. The lowest BCUT2D eigenvalue weighted by Gasteiger charge is -2.22. The Bertz CT molecular complexity index is 760. The summed E-state index contributed by atoms with van der Waals surface area (Å²) in [6, 6.07) is 13.4. The molecular formula is C20H23ClN2O3. The summed E-state index contributed by atoms with van der Waals surface area (Å²) in [4.78, 5) is 25.0. The topological polar surface area (TPSA) is 67.4 Å². The van der Waals surface area contributed by atoms with Crippen molar-refractivity contribution in [3.63, 3.8) is 0 Å². The maximum atomic E-state index is 12.5. The highest BCUT2D eigenvalue weighted by Gasteiger charge is 2.24. The van der Waals surface area contributed by atoms with Crippen molar-refractivity contribution in [2.75, 3.05) is 7.11 Å². The van der Waals surface area contributed by atoms with Crippen LogP contribution in [0.25, 0.3) is 0 Å². The van der Waals surface area contributed by atoms with Gasteiger partial charge in [0.1, 0.15) is 11.8 Å². The second-order valence-corrected chi connectivity index (χ2v) is 6.64. The molecule has 0 bridgehead atoms. The van der Waals surface area contributed by atoms with Gasteiger partial charge < -0.3 is 15.4 Å². The van der Waals surface area contributed by atoms with Crippen molar-refractivity contribution in [3.05, 3.63) is 64.7 Å². The molecule has 2 aromatic rings. The quantitative estimate of drug-likeness (QED) is 0.780. The van der Waals surface area contributed by atoms with Gasteiger partial charge in [-0.05, 0) is 41.8 Å². The van der Waals surface area contributed by atoms with Crippen LogP contribution in [-0.4, -0.2) is 25.0 Å². The second-order valence-electron chi connectivity index (χ2n) is 6.23. The monoisotopic (exact) mass is 374 g/mol. The molecule has 5 nitrogen and oxygen atoms in total. The number of hydrogen-bond donors (Lipinski definition) is 2. The third kappa shape index (κ3) is 5.23. The van der Waals surface area contributed by atoms with E-state index in [9.17, 15) is 9.59 Å². The summed E-state index contributed by atoms with van der Waals surface area (Å²) < 4.78 is 5.08. The Hall–Kier alpha value is -2.53. The molecule has 1 atom stereocenters. The van der Waals surface area contributed by atoms with Crippen LogP contribution < -0.4 is 15.4 Å². The van der Waals surface area contributed by atoms with Crippen LogP contribution >= 0.6 is 11.6 Å². The Kier molecular flexibility index (Phi) is 7.04. The third-order valence-corrected chi connectivity index (χ3v) is 4.37. The van der Waals surface area contributed by atoms with Crippen LogP contribution in [0.2, 0.25) is 5.02 Å². The normalized spacial score (nSPS) is 11.7. The number of amides is 2. The summed E-state index contributed by atoms with van der Waals surface area (Å²) in [5, 5.41) is 6.23.